The summed E-state index contributed by atoms with van der Waals surface area (Å²) in [5.41, 5.74) is -8.51. The van der Waals surface area contributed by atoms with Gasteiger partial charge in [0, 0.05) is 5.56 Å². The fraction of sp³-hybridized carbons (Fsp3) is 0.364. The number of alkyl halides is 7. The summed E-state index contributed by atoms with van der Waals surface area (Å²) in [6, 6.07) is 2.48. The Balaban J connectivity index is 2.01. The predicted octanol–water partition coefficient (Wildman–Crippen LogP) is 5.01. The lowest BCUT2D eigenvalue weighted by Gasteiger charge is -2.41. The van der Waals surface area contributed by atoms with Crippen LogP contribution >= 0.6 is 0 Å². The minimum atomic E-state index is -6.42. The van der Waals surface area contributed by atoms with E-state index < -0.39 is 97.3 Å². The van der Waals surface area contributed by atoms with Crippen LogP contribution in [-0.2, 0) is 31.5 Å². The molecule has 0 saturated carbocycles. The number of carboxylic acid groups (broad SMARTS) is 1. The van der Waals surface area contributed by atoms with Crippen molar-refractivity contribution in [3.8, 4) is 0 Å². The first kappa shape index (κ1) is 26.8. The van der Waals surface area contributed by atoms with Crippen LogP contribution in [0.3, 0.4) is 0 Å². The Bertz CT molecular complexity index is 1370. The zero-order valence-corrected chi connectivity index (χ0v) is 19.0. The molecule has 200 valence electrons. The first-order valence-corrected chi connectivity index (χ1v) is 11.9. The van der Waals surface area contributed by atoms with E-state index in [4.69, 9.17) is 0 Å². The molecule has 0 unspecified atom stereocenters. The number of likely N-dealkylation sites (tertiary alicyclic amines) is 1. The van der Waals surface area contributed by atoms with Crippen LogP contribution in [-0.4, -0.2) is 48.8 Å². The van der Waals surface area contributed by atoms with Gasteiger partial charge >= 0.3 is 24.1 Å². The van der Waals surface area contributed by atoms with Crippen LogP contribution in [0.2, 0.25) is 0 Å². The number of amides is 2. The molecule has 4 rings (SSSR count). The minimum absolute atomic E-state index is 0.123. The van der Waals surface area contributed by atoms with E-state index in [1.807, 2.05) is 0 Å². The number of nitrogens with zero attached hydrogens (tertiary/aromatic N) is 1. The van der Waals surface area contributed by atoms with Crippen LogP contribution in [0, 0.1) is 5.82 Å². The minimum Gasteiger partial charge on any atom is -0.465 e. The second-order valence-corrected chi connectivity index (χ2v) is 10.9. The quantitative estimate of drug-likeness (QED) is 0.423. The first-order chi connectivity index (χ1) is 16.9. The zero-order chi connectivity index (χ0) is 27.8. The molecule has 2 aliphatic rings. The molecule has 37 heavy (non-hydrogen) atoms. The lowest BCUT2D eigenvalue weighted by Crippen LogP contribution is -2.53. The molecular weight excluding hydrogens is 542 g/mol. The van der Waals surface area contributed by atoms with E-state index in [1.165, 1.54) is 0 Å². The summed E-state index contributed by atoms with van der Waals surface area (Å²) < 4.78 is 133. The Morgan fingerprint density at radius 3 is 2.05 bits per heavy atom. The fourth-order valence-corrected chi connectivity index (χ4v) is 7.44. The Morgan fingerprint density at radius 1 is 0.973 bits per heavy atom. The van der Waals surface area contributed by atoms with E-state index in [-0.39, 0.29) is 17.0 Å². The van der Waals surface area contributed by atoms with Crippen molar-refractivity contribution in [1.82, 2.24) is 4.90 Å². The van der Waals surface area contributed by atoms with Gasteiger partial charge in [-0.05, 0) is 48.2 Å². The van der Waals surface area contributed by atoms with Crippen LogP contribution in [0.1, 0.15) is 29.5 Å². The Kier molecular flexibility index (Phi) is 5.90. The molecule has 6 nitrogen and oxygen atoms in total. The van der Waals surface area contributed by atoms with Crippen LogP contribution in [0.4, 0.5) is 39.9 Å². The molecule has 15 heteroatoms. The average molecular weight is 557 g/mol. The van der Waals surface area contributed by atoms with E-state index in [0.717, 1.165) is 24.3 Å². The molecule has 0 bridgehead atoms. The molecular formula is C22H15F8NO5S. The highest BCUT2D eigenvalue weighted by Crippen LogP contribution is 2.56. The Labute approximate surface area is 203 Å². The topological polar surface area (TPSA) is 91.8 Å². The molecule has 1 aliphatic heterocycles. The van der Waals surface area contributed by atoms with Crippen molar-refractivity contribution in [1.29, 1.82) is 0 Å². The number of imide groups is 1. The third-order valence-corrected chi connectivity index (χ3v) is 9.26. The second-order valence-electron chi connectivity index (χ2n) is 8.65. The summed E-state index contributed by atoms with van der Waals surface area (Å²) in [6.45, 7) is 0. The number of fused-ring (bicyclic) bond motifs is 3. The summed E-state index contributed by atoms with van der Waals surface area (Å²) in [4.78, 5) is 24.2. The van der Waals surface area contributed by atoms with Gasteiger partial charge in [-0.15, -0.1) is 0 Å². The van der Waals surface area contributed by atoms with Gasteiger partial charge in [0.15, 0.2) is 9.84 Å². The van der Waals surface area contributed by atoms with Crippen LogP contribution in [0.25, 0.3) is 0 Å². The molecule has 2 aromatic carbocycles. The number of hydrogen-bond acceptors (Lipinski definition) is 4. The van der Waals surface area contributed by atoms with Gasteiger partial charge in [-0.1, -0.05) is 18.2 Å². The maximum absolute atomic E-state index is 14.7. The fourth-order valence-electron chi connectivity index (χ4n) is 5.14. The smallest absolute Gasteiger partial charge is 0.435 e. The van der Waals surface area contributed by atoms with Crippen molar-refractivity contribution >= 4 is 21.8 Å². The molecule has 2 amide bonds. The normalized spacial score (nSPS) is 22.5. The lowest BCUT2D eigenvalue weighted by atomic mass is 9.77. The number of halogens is 8. The number of rotatable bonds is 3. The number of carbonyl (C=O) groups is 2. The summed E-state index contributed by atoms with van der Waals surface area (Å²) in [5.74, 6) is -2.01. The predicted molar refractivity (Wildman–Crippen MR) is 108 cm³/mol. The first-order valence-electron chi connectivity index (χ1n) is 10.4. The molecule has 2 aromatic rings. The number of hydrogen-bond donors (Lipinski definition) is 1. The van der Waals surface area contributed by atoms with E-state index in [1.54, 1.807) is 0 Å². The highest BCUT2D eigenvalue weighted by molar-refractivity contribution is 7.92. The molecule has 1 heterocycles. The van der Waals surface area contributed by atoms with Crippen molar-refractivity contribution in [3.05, 3.63) is 65.0 Å². The van der Waals surface area contributed by atoms with E-state index in [2.05, 4.69) is 0 Å². The number of aryl methyl sites for hydroxylation is 1. The number of benzene rings is 2. The third kappa shape index (κ3) is 3.61. The summed E-state index contributed by atoms with van der Waals surface area (Å²) in [5, 5.41) is 9.55. The van der Waals surface area contributed by atoms with Crippen molar-refractivity contribution in [3.63, 3.8) is 0 Å². The Morgan fingerprint density at radius 2 is 1.54 bits per heavy atom. The van der Waals surface area contributed by atoms with Gasteiger partial charge in [0.2, 0.25) is 5.91 Å². The van der Waals surface area contributed by atoms with Gasteiger partial charge < -0.3 is 5.11 Å². The Hall–Kier alpha value is -3.23. The molecule has 1 fully saturated rings. The van der Waals surface area contributed by atoms with Crippen LogP contribution in [0.15, 0.2) is 47.4 Å². The van der Waals surface area contributed by atoms with Gasteiger partial charge in [0.05, 0.1) is 17.4 Å². The van der Waals surface area contributed by atoms with Crippen molar-refractivity contribution in [2.45, 2.75) is 53.0 Å². The van der Waals surface area contributed by atoms with Gasteiger partial charge in [-0.3, -0.25) is 4.79 Å². The lowest BCUT2D eigenvalue weighted by molar-refractivity contribution is -0.348. The molecule has 0 aromatic heterocycles. The third-order valence-electron chi connectivity index (χ3n) is 6.77. The van der Waals surface area contributed by atoms with Crippen LogP contribution < -0.4 is 0 Å². The van der Waals surface area contributed by atoms with Crippen molar-refractivity contribution < 1.29 is 58.2 Å². The largest absolute Gasteiger partial charge is 0.465 e. The van der Waals surface area contributed by atoms with Gasteiger partial charge in [-0.2, -0.15) is 26.3 Å². The van der Waals surface area contributed by atoms with Gasteiger partial charge in [0.1, 0.15) is 10.6 Å². The molecule has 1 N–H and O–H groups in total. The second kappa shape index (κ2) is 8.13. The van der Waals surface area contributed by atoms with Crippen molar-refractivity contribution in [2.24, 2.45) is 0 Å². The number of carbonyl (C=O) groups excluding carboxylic acids is 1. The van der Waals surface area contributed by atoms with Gasteiger partial charge in [-0.25, -0.2) is 26.9 Å². The van der Waals surface area contributed by atoms with Gasteiger partial charge in [0.25, 0.3) is 0 Å². The average Bonchev–Trinajstić information content (AvgIpc) is 3.10. The molecule has 0 radical (unpaired) electrons. The van der Waals surface area contributed by atoms with Crippen LogP contribution in [0.5, 0.6) is 0 Å². The summed E-state index contributed by atoms with van der Waals surface area (Å²) in [7, 11) is -4.83. The van der Waals surface area contributed by atoms with E-state index in [9.17, 15) is 58.2 Å². The maximum Gasteiger partial charge on any atom is 0.435 e. The monoisotopic (exact) mass is 557 g/mol. The van der Waals surface area contributed by atoms with Crippen molar-refractivity contribution in [2.75, 3.05) is 0 Å². The molecule has 0 spiro atoms. The van der Waals surface area contributed by atoms with E-state index in [0.29, 0.717) is 6.07 Å². The molecule has 1 aliphatic carbocycles. The number of sulfone groups is 1. The molecule has 1 saturated heterocycles. The maximum atomic E-state index is 14.7. The zero-order valence-electron chi connectivity index (χ0n) is 18.2. The standard InChI is InChI=1S/C22H15F8NO5S/c23-13-3-5-14(6-4-13)37(35,36)19-10-17(32)31(18(33)34)16(19)8-1-11-9-12(2-7-15(11)19)20(24,21(25,26)27)22(28,29)30/h2-7,9,16H,1,8,10H2,(H,33,34)/t16-,19-/m1/s1. The highest BCUT2D eigenvalue weighted by atomic mass is 32.2. The summed E-state index contributed by atoms with van der Waals surface area (Å²) >= 11 is 0. The SMILES string of the molecule is O=C(O)N1C(=O)C[C@@]2(S(=O)(=O)c3ccc(F)cc3)c3ccc(C(F)(C(F)(F)F)C(F)(F)F)cc3CC[C@@H]12. The highest BCUT2D eigenvalue weighted by Gasteiger charge is 2.74. The summed E-state index contributed by atoms with van der Waals surface area (Å²) in [6.07, 6.45) is -16.6. The van der Waals surface area contributed by atoms with E-state index >= 15 is 0 Å². The molecule has 2 atom stereocenters.